The molecule has 0 aromatic rings. The first-order chi connectivity index (χ1) is 4.79. The zero-order chi connectivity index (χ0) is 7.98. The van der Waals surface area contributed by atoms with Gasteiger partial charge in [-0.15, -0.1) is 0 Å². The molecule has 0 aliphatic carbocycles. The van der Waals surface area contributed by atoms with Crippen LogP contribution in [0.3, 0.4) is 0 Å². The SMILES string of the molecule is CC[N](CC)[Sb]([CH2]C)[CH2]C. The number of hydrogen-bond acceptors (Lipinski definition) is 1. The Hall–Kier alpha value is 0.778. The molecule has 0 heterocycles. The summed E-state index contributed by atoms with van der Waals surface area (Å²) in [6.07, 6.45) is 0. The Kier molecular flexibility index (Phi) is 6.99. The third-order valence-electron chi connectivity index (χ3n) is 1.86. The van der Waals surface area contributed by atoms with E-state index in [1.807, 2.05) is 0 Å². The minimum atomic E-state index is -0.886. The van der Waals surface area contributed by atoms with Crippen molar-refractivity contribution in [2.45, 2.75) is 36.4 Å². The van der Waals surface area contributed by atoms with E-state index in [9.17, 15) is 0 Å². The van der Waals surface area contributed by atoms with E-state index in [0.717, 1.165) is 0 Å². The van der Waals surface area contributed by atoms with E-state index in [0.29, 0.717) is 0 Å². The molecule has 0 fully saturated rings. The van der Waals surface area contributed by atoms with Gasteiger partial charge in [0.2, 0.25) is 0 Å². The predicted octanol–water partition coefficient (Wildman–Crippen LogP) is 2.36. The molecule has 0 N–H and O–H groups in total. The summed E-state index contributed by atoms with van der Waals surface area (Å²) in [5.41, 5.74) is 0. The van der Waals surface area contributed by atoms with Crippen LogP contribution in [0.4, 0.5) is 0 Å². The molecular weight excluding hydrogens is 232 g/mol. The molecule has 0 aliphatic rings. The van der Waals surface area contributed by atoms with Gasteiger partial charge in [0.25, 0.3) is 0 Å². The molecule has 0 aliphatic heterocycles. The Morgan fingerprint density at radius 1 is 0.900 bits per heavy atom. The first-order valence-corrected chi connectivity index (χ1v) is 9.05. The first kappa shape index (κ1) is 10.8. The van der Waals surface area contributed by atoms with Gasteiger partial charge in [-0.3, -0.25) is 0 Å². The third kappa shape index (κ3) is 3.25. The Morgan fingerprint density at radius 3 is 1.40 bits per heavy atom. The topological polar surface area (TPSA) is 3.24 Å². The fraction of sp³-hybridized carbons (Fsp3) is 1.00. The fourth-order valence-electron chi connectivity index (χ4n) is 1.25. The molecule has 0 aromatic carbocycles. The van der Waals surface area contributed by atoms with E-state index >= 15 is 0 Å². The molecule has 0 saturated carbocycles. The average Bonchev–Trinajstić information content (AvgIpc) is 2.00. The standard InChI is InChI=1S/C4H10N.2C2H5.Sb/c1-3-5-4-2;2*1-2;/h3-4H2,1-2H3;2*1H2,2H3;/q-1;;;+1. The molecule has 0 unspecified atom stereocenters. The zero-order valence-electron chi connectivity index (χ0n) is 7.72. The van der Waals surface area contributed by atoms with E-state index in [-0.39, 0.29) is 0 Å². The van der Waals surface area contributed by atoms with E-state index in [1.165, 1.54) is 21.8 Å². The quantitative estimate of drug-likeness (QED) is 0.679. The summed E-state index contributed by atoms with van der Waals surface area (Å²) >= 11 is -0.886. The van der Waals surface area contributed by atoms with Gasteiger partial charge >= 0.3 is 73.1 Å². The molecule has 1 nitrogen and oxygen atoms in total. The number of nitrogens with zero attached hydrogens (tertiary/aromatic N) is 1. The van der Waals surface area contributed by atoms with Gasteiger partial charge in [0.05, 0.1) is 0 Å². The van der Waals surface area contributed by atoms with Gasteiger partial charge in [-0.05, 0) is 0 Å². The average molecular weight is 252 g/mol. The van der Waals surface area contributed by atoms with Crippen LogP contribution in [0, 0.1) is 0 Å². The van der Waals surface area contributed by atoms with Crippen LogP contribution in [0.1, 0.15) is 27.7 Å². The second-order valence-corrected chi connectivity index (χ2v) is 10.4. The maximum absolute atomic E-state index is 2.71. The molecule has 0 bridgehead atoms. The van der Waals surface area contributed by atoms with Gasteiger partial charge in [0.15, 0.2) is 0 Å². The molecule has 10 heavy (non-hydrogen) atoms. The first-order valence-electron chi connectivity index (χ1n) is 4.29. The van der Waals surface area contributed by atoms with Crippen LogP contribution in [0.15, 0.2) is 0 Å². The maximum atomic E-state index is 2.71. The molecule has 0 amide bonds. The summed E-state index contributed by atoms with van der Waals surface area (Å²) in [7, 11) is 0. The Balaban J connectivity index is 3.70. The van der Waals surface area contributed by atoms with Crippen molar-refractivity contribution >= 4 is 20.5 Å². The summed E-state index contributed by atoms with van der Waals surface area (Å²) in [5.74, 6) is 0. The summed E-state index contributed by atoms with van der Waals surface area (Å²) < 4.78 is 5.66. The van der Waals surface area contributed by atoms with E-state index in [4.69, 9.17) is 0 Å². The summed E-state index contributed by atoms with van der Waals surface area (Å²) in [6, 6.07) is 0. The van der Waals surface area contributed by atoms with Crippen LogP contribution in [0.5, 0.6) is 0 Å². The molecule has 0 spiro atoms. The number of hydrogen-bond donors (Lipinski definition) is 0. The normalized spacial score (nSPS) is 11.4. The second kappa shape index (κ2) is 6.49. The fourth-order valence-corrected chi connectivity index (χ4v) is 7.09. The van der Waals surface area contributed by atoms with Crippen molar-refractivity contribution < 1.29 is 0 Å². The van der Waals surface area contributed by atoms with Gasteiger partial charge in [0.1, 0.15) is 0 Å². The Labute approximate surface area is 73.1 Å². The Morgan fingerprint density at radius 2 is 1.30 bits per heavy atom. The van der Waals surface area contributed by atoms with Crippen molar-refractivity contribution in [1.29, 1.82) is 0 Å². The van der Waals surface area contributed by atoms with Gasteiger partial charge in [-0.2, -0.15) is 0 Å². The van der Waals surface area contributed by atoms with Crippen LogP contribution in [-0.4, -0.2) is 36.6 Å². The summed E-state index contributed by atoms with van der Waals surface area (Å²) in [5, 5.41) is 0. The van der Waals surface area contributed by atoms with Crippen LogP contribution in [0.2, 0.25) is 8.73 Å². The van der Waals surface area contributed by atoms with E-state index in [2.05, 4.69) is 30.8 Å². The zero-order valence-corrected chi connectivity index (χ0v) is 10.3. The third-order valence-corrected chi connectivity index (χ3v) is 9.93. The van der Waals surface area contributed by atoms with Crippen LogP contribution in [0.25, 0.3) is 0 Å². The molecule has 0 atom stereocenters. The van der Waals surface area contributed by atoms with Crippen molar-refractivity contribution in [2.75, 3.05) is 13.1 Å². The minimum absolute atomic E-state index is 0.886. The van der Waals surface area contributed by atoms with E-state index < -0.39 is 20.5 Å². The summed E-state index contributed by atoms with van der Waals surface area (Å²) in [4.78, 5) is 0. The van der Waals surface area contributed by atoms with Crippen LogP contribution in [-0.2, 0) is 0 Å². The molecule has 0 radical (unpaired) electrons. The monoisotopic (exact) mass is 251 g/mol. The summed E-state index contributed by atoms with van der Waals surface area (Å²) in [6.45, 7) is 11.8. The molecule has 0 aromatic heterocycles. The molecule has 2 heteroatoms. The van der Waals surface area contributed by atoms with Crippen LogP contribution >= 0.6 is 0 Å². The molecule has 0 rings (SSSR count). The van der Waals surface area contributed by atoms with Gasteiger partial charge in [0, 0.05) is 0 Å². The van der Waals surface area contributed by atoms with Crippen molar-refractivity contribution in [2.24, 2.45) is 0 Å². The molecule has 0 saturated heterocycles. The van der Waals surface area contributed by atoms with Crippen molar-refractivity contribution in [3.8, 4) is 0 Å². The predicted molar refractivity (Wildman–Crippen MR) is 49.6 cm³/mol. The molecular formula is C8H20NSb. The van der Waals surface area contributed by atoms with Gasteiger partial charge < -0.3 is 0 Å². The van der Waals surface area contributed by atoms with Crippen molar-refractivity contribution in [1.82, 2.24) is 3.06 Å². The van der Waals surface area contributed by atoms with Crippen molar-refractivity contribution in [3.63, 3.8) is 0 Å². The van der Waals surface area contributed by atoms with Gasteiger partial charge in [-0.25, -0.2) is 0 Å². The van der Waals surface area contributed by atoms with Gasteiger partial charge in [-0.1, -0.05) is 0 Å². The molecule has 62 valence electrons. The van der Waals surface area contributed by atoms with Crippen LogP contribution < -0.4 is 0 Å². The Bertz CT molecular complexity index is 57.7. The second-order valence-electron chi connectivity index (χ2n) is 2.28. The van der Waals surface area contributed by atoms with E-state index in [1.54, 1.807) is 0 Å². The number of rotatable bonds is 5. The van der Waals surface area contributed by atoms with Crippen molar-refractivity contribution in [3.05, 3.63) is 0 Å².